The quantitative estimate of drug-likeness (QED) is 0.937. The molecule has 1 aromatic carbocycles. The van der Waals surface area contributed by atoms with Crippen molar-refractivity contribution in [2.24, 2.45) is 0 Å². The van der Waals surface area contributed by atoms with Crippen LogP contribution in [0.3, 0.4) is 0 Å². The summed E-state index contributed by atoms with van der Waals surface area (Å²) in [5.74, 6) is -0.237. The number of amides is 1. The lowest BCUT2D eigenvalue weighted by Crippen LogP contribution is -2.44. The fraction of sp³-hybridized carbons (Fsp3) is 0.526. The number of halogens is 1. The zero-order valence-electron chi connectivity index (χ0n) is 13.9. The summed E-state index contributed by atoms with van der Waals surface area (Å²) in [6, 6.07) is 6.74. The van der Waals surface area contributed by atoms with Crippen molar-refractivity contribution < 1.29 is 9.18 Å². The molecule has 128 valence electrons. The fourth-order valence-corrected chi connectivity index (χ4v) is 4.10. The van der Waals surface area contributed by atoms with E-state index in [1.807, 2.05) is 11.0 Å². The highest BCUT2D eigenvalue weighted by Crippen LogP contribution is 2.24. The summed E-state index contributed by atoms with van der Waals surface area (Å²) in [6.45, 7) is 4.12. The van der Waals surface area contributed by atoms with Crippen LogP contribution in [0.1, 0.15) is 42.6 Å². The molecule has 24 heavy (non-hydrogen) atoms. The molecule has 1 amide bonds. The highest BCUT2D eigenvalue weighted by molar-refractivity contribution is 5.98. The number of piperidine rings is 1. The molecule has 3 heterocycles. The third kappa shape index (κ3) is 3.05. The maximum atomic E-state index is 13.3. The summed E-state index contributed by atoms with van der Waals surface area (Å²) in [6.07, 6.45) is 6.02. The van der Waals surface area contributed by atoms with Crippen molar-refractivity contribution in [1.82, 2.24) is 14.8 Å². The van der Waals surface area contributed by atoms with Crippen LogP contribution in [0.4, 0.5) is 4.39 Å². The number of hydrogen-bond acceptors (Lipinski definition) is 2. The van der Waals surface area contributed by atoms with Gasteiger partial charge in [0.15, 0.2) is 0 Å². The molecule has 1 unspecified atom stereocenters. The Balaban J connectivity index is 1.50. The highest BCUT2D eigenvalue weighted by Gasteiger charge is 2.31. The van der Waals surface area contributed by atoms with Crippen molar-refractivity contribution in [2.75, 3.05) is 26.2 Å². The predicted octanol–water partition coefficient (Wildman–Crippen LogP) is 3.40. The topological polar surface area (TPSA) is 39.3 Å². The van der Waals surface area contributed by atoms with E-state index in [0.717, 1.165) is 44.4 Å². The van der Waals surface area contributed by atoms with Gasteiger partial charge in [-0.15, -0.1) is 0 Å². The number of benzene rings is 1. The molecule has 0 aliphatic carbocycles. The van der Waals surface area contributed by atoms with E-state index < -0.39 is 0 Å². The van der Waals surface area contributed by atoms with Gasteiger partial charge in [0, 0.05) is 30.0 Å². The van der Waals surface area contributed by atoms with Gasteiger partial charge in [0.05, 0.1) is 0 Å². The molecule has 2 aliphatic heterocycles. The second-order valence-corrected chi connectivity index (χ2v) is 7.07. The van der Waals surface area contributed by atoms with Crippen LogP contribution in [0.2, 0.25) is 0 Å². The molecule has 0 saturated carbocycles. The van der Waals surface area contributed by atoms with Gasteiger partial charge in [-0.05, 0) is 63.0 Å². The van der Waals surface area contributed by atoms with Gasteiger partial charge < -0.3 is 14.8 Å². The van der Waals surface area contributed by atoms with Gasteiger partial charge in [0.2, 0.25) is 0 Å². The minimum absolute atomic E-state index is 0.0473. The SMILES string of the molecule is O=C(c1cc2ccc(F)cc2[nH]1)N1CCCC1CN1CCCCC1. The van der Waals surface area contributed by atoms with Gasteiger partial charge in [-0.2, -0.15) is 0 Å². The zero-order chi connectivity index (χ0) is 16.5. The first-order valence-corrected chi connectivity index (χ1v) is 9.02. The molecule has 1 aromatic heterocycles. The monoisotopic (exact) mass is 329 g/mol. The maximum Gasteiger partial charge on any atom is 0.270 e. The molecule has 0 bridgehead atoms. The van der Waals surface area contributed by atoms with E-state index in [1.165, 1.54) is 31.4 Å². The number of likely N-dealkylation sites (tertiary alicyclic amines) is 2. The van der Waals surface area contributed by atoms with E-state index >= 15 is 0 Å². The van der Waals surface area contributed by atoms with Crippen molar-refractivity contribution in [3.05, 3.63) is 35.8 Å². The molecule has 2 saturated heterocycles. The van der Waals surface area contributed by atoms with Crippen LogP contribution >= 0.6 is 0 Å². The summed E-state index contributed by atoms with van der Waals surface area (Å²) in [5.41, 5.74) is 1.26. The van der Waals surface area contributed by atoms with E-state index in [0.29, 0.717) is 17.3 Å². The number of carbonyl (C=O) groups excluding carboxylic acids is 1. The van der Waals surface area contributed by atoms with Gasteiger partial charge in [-0.25, -0.2) is 4.39 Å². The number of fused-ring (bicyclic) bond motifs is 1. The Kier molecular flexibility index (Phi) is 4.27. The van der Waals surface area contributed by atoms with Crippen LogP contribution < -0.4 is 0 Å². The molecule has 4 rings (SSSR count). The molecule has 2 aliphatic rings. The maximum absolute atomic E-state index is 13.3. The summed E-state index contributed by atoms with van der Waals surface area (Å²) >= 11 is 0. The number of rotatable bonds is 3. The second-order valence-electron chi connectivity index (χ2n) is 7.07. The standard InChI is InChI=1S/C19H24FN3O/c20-15-7-6-14-11-18(21-17(14)12-15)19(24)23-10-4-5-16(23)13-22-8-2-1-3-9-22/h6-7,11-12,16,21H,1-5,8-10,13H2. The van der Waals surface area contributed by atoms with Gasteiger partial charge in [0.1, 0.15) is 11.5 Å². The first-order chi connectivity index (χ1) is 11.7. The van der Waals surface area contributed by atoms with E-state index in [1.54, 1.807) is 6.07 Å². The van der Waals surface area contributed by atoms with Gasteiger partial charge in [-0.3, -0.25) is 4.79 Å². The van der Waals surface area contributed by atoms with Gasteiger partial charge >= 0.3 is 0 Å². The Hall–Kier alpha value is -1.88. The minimum atomic E-state index is -0.285. The number of H-pyrrole nitrogens is 1. The van der Waals surface area contributed by atoms with Gasteiger partial charge in [0.25, 0.3) is 5.91 Å². The average molecular weight is 329 g/mol. The van der Waals surface area contributed by atoms with Crippen molar-refractivity contribution in [3.8, 4) is 0 Å². The smallest absolute Gasteiger partial charge is 0.270 e. The molecule has 1 N–H and O–H groups in total. The molecule has 4 nitrogen and oxygen atoms in total. The molecule has 2 fully saturated rings. The summed E-state index contributed by atoms with van der Waals surface area (Å²) in [7, 11) is 0. The summed E-state index contributed by atoms with van der Waals surface area (Å²) in [5, 5.41) is 0.881. The van der Waals surface area contributed by atoms with Crippen molar-refractivity contribution in [2.45, 2.75) is 38.1 Å². The highest BCUT2D eigenvalue weighted by atomic mass is 19.1. The molecule has 0 radical (unpaired) electrons. The lowest BCUT2D eigenvalue weighted by molar-refractivity contribution is 0.0685. The number of aromatic amines is 1. The summed E-state index contributed by atoms with van der Waals surface area (Å²) in [4.78, 5) is 20.5. The second kappa shape index (κ2) is 6.55. The molecule has 0 spiro atoms. The third-order valence-electron chi connectivity index (χ3n) is 5.37. The van der Waals surface area contributed by atoms with Crippen molar-refractivity contribution >= 4 is 16.8 Å². The number of carbonyl (C=O) groups is 1. The summed E-state index contributed by atoms with van der Waals surface area (Å²) < 4.78 is 13.3. The first-order valence-electron chi connectivity index (χ1n) is 9.02. The number of nitrogens with zero attached hydrogens (tertiary/aromatic N) is 2. The normalized spacial score (nSPS) is 22.4. The number of aromatic nitrogens is 1. The zero-order valence-corrected chi connectivity index (χ0v) is 13.9. The molecule has 5 heteroatoms. The lowest BCUT2D eigenvalue weighted by Gasteiger charge is -2.32. The fourth-order valence-electron chi connectivity index (χ4n) is 4.10. The Morgan fingerprint density at radius 3 is 2.79 bits per heavy atom. The van der Waals surface area contributed by atoms with Crippen LogP contribution in [0.5, 0.6) is 0 Å². The Morgan fingerprint density at radius 2 is 1.96 bits per heavy atom. The minimum Gasteiger partial charge on any atom is -0.350 e. The molecule has 1 atom stereocenters. The molecular formula is C19H24FN3O. The van der Waals surface area contributed by atoms with Crippen molar-refractivity contribution in [1.29, 1.82) is 0 Å². The third-order valence-corrected chi connectivity index (χ3v) is 5.37. The van der Waals surface area contributed by atoms with E-state index in [2.05, 4.69) is 9.88 Å². The largest absolute Gasteiger partial charge is 0.350 e. The van der Waals surface area contributed by atoms with Crippen LogP contribution in [0.15, 0.2) is 24.3 Å². The van der Waals surface area contributed by atoms with Crippen LogP contribution in [0, 0.1) is 5.82 Å². The Bertz CT molecular complexity index is 735. The van der Waals surface area contributed by atoms with Gasteiger partial charge in [-0.1, -0.05) is 6.42 Å². The average Bonchev–Trinajstić information content (AvgIpc) is 3.21. The van der Waals surface area contributed by atoms with Crippen LogP contribution in [-0.2, 0) is 0 Å². The van der Waals surface area contributed by atoms with Crippen LogP contribution in [-0.4, -0.2) is 52.9 Å². The predicted molar refractivity (Wildman–Crippen MR) is 92.6 cm³/mol. The van der Waals surface area contributed by atoms with E-state index in [4.69, 9.17) is 0 Å². The molecule has 2 aromatic rings. The number of hydrogen-bond donors (Lipinski definition) is 1. The van der Waals surface area contributed by atoms with E-state index in [-0.39, 0.29) is 11.7 Å². The number of nitrogens with one attached hydrogen (secondary N) is 1. The molecular weight excluding hydrogens is 305 g/mol. The first kappa shape index (κ1) is 15.6. The lowest BCUT2D eigenvalue weighted by atomic mass is 10.1. The van der Waals surface area contributed by atoms with Crippen LogP contribution in [0.25, 0.3) is 10.9 Å². The van der Waals surface area contributed by atoms with Crippen molar-refractivity contribution in [3.63, 3.8) is 0 Å². The Labute approximate surface area is 141 Å². The Morgan fingerprint density at radius 1 is 1.12 bits per heavy atom. The van der Waals surface area contributed by atoms with E-state index in [9.17, 15) is 9.18 Å².